The van der Waals surface area contributed by atoms with Gasteiger partial charge in [0.1, 0.15) is 0 Å². The van der Waals surface area contributed by atoms with Gasteiger partial charge in [-0.25, -0.2) is 4.79 Å². The predicted molar refractivity (Wildman–Crippen MR) is 85.5 cm³/mol. The number of hydrogen-bond donors (Lipinski definition) is 3. The first kappa shape index (κ1) is 16.5. The molecule has 1 aromatic rings. The van der Waals surface area contributed by atoms with Crippen LogP contribution in [0.25, 0.3) is 0 Å². The van der Waals surface area contributed by atoms with E-state index in [0.717, 1.165) is 11.1 Å². The minimum absolute atomic E-state index is 0.0379. The molecule has 0 unspecified atom stereocenters. The lowest BCUT2D eigenvalue weighted by Gasteiger charge is -2.11. The van der Waals surface area contributed by atoms with E-state index in [-0.39, 0.29) is 11.8 Å². The van der Waals surface area contributed by atoms with Gasteiger partial charge in [-0.1, -0.05) is 18.7 Å². The van der Waals surface area contributed by atoms with E-state index in [0.29, 0.717) is 17.8 Å². The Labute approximate surface area is 125 Å². The highest BCUT2D eigenvalue weighted by Crippen LogP contribution is 2.17. The number of benzene rings is 1. The van der Waals surface area contributed by atoms with Crippen molar-refractivity contribution in [2.75, 3.05) is 18.9 Å². The van der Waals surface area contributed by atoms with Crippen LogP contribution >= 0.6 is 0 Å². The van der Waals surface area contributed by atoms with Gasteiger partial charge in [0.15, 0.2) is 5.78 Å². The summed E-state index contributed by atoms with van der Waals surface area (Å²) in [5.41, 5.74) is 2.85. The van der Waals surface area contributed by atoms with Crippen molar-refractivity contribution in [3.63, 3.8) is 0 Å². The lowest BCUT2D eigenvalue weighted by molar-refractivity contribution is 0.101. The SMILES string of the molecule is C=C(/C=C\NC)CNC(=O)Nc1cc(C(C)=O)ccc1C. The number of aryl methyl sites for hydroxylation is 1. The minimum Gasteiger partial charge on any atom is -0.394 e. The lowest BCUT2D eigenvalue weighted by Crippen LogP contribution is -2.30. The van der Waals surface area contributed by atoms with E-state index in [2.05, 4.69) is 22.5 Å². The van der Waals surface area contributed by atoms with Gasteiger partial charge in [0.25, 0.3) is 0 Å². The summed E-state index contributed by atoms with van der Waals surface area (Å²) in [7, 11) is 1.79. The van der Waals surface area contributed by atoms with Gasteiger partial charge >= 0.3 is 6.03 Å². The highest BCUT2D eigenvalue weighted by Gasteiger charge is 2.07. The summed E-state index contributed by atoms with van der Waals surface area (Å²) in [6, 6.07) is 4.89. The smallest absolute Gasteiger partial charge is 0.319 e. The monoisotopic (exact) mass is 287 g/mol. The van der Waals surface area contributed by atoms with E-state index < -0.39 is 0 Å². The molecule has 0 aromatic heterocycles. The van der Waals surface area contributed by atoms with Crippen LogP contribution in [-0.4, -0.2) is 25.4 Å². The summed E-state index contributed by atoms with van der Waals surface area (Å²) in [5, 5.41) is 8.28. The van der Waals surface area contributed by atoms with E-state index in [1.165, 1.54) is 6.92 Å². The molecule has 0 bridgehead atoms. The Bertz CT molecular complexity index is 577. The fraction of sp³-hybridized carbons (Fsp3) is 0.250. The molecule has 0 aliphatic heterocycles. The van der Waals surface area contributed by atoms with Gasteiger partial charge < -0.3 is 16.0 Å². The lowest BCUT2D eigenvalue weighted by atomic mass is 10.1. The van der Waals surface area contributed by atoms with Gasteiger partial charge in [-0.2, -0.15) is 0 Å². The number of amides is 2. The summed E-state index contributed by atoms with van der Waals surface area (Å²) in [4.78, 5) is 23.2. The molecule has 3 N–H and O–H groups in total. The van der Waals surface area contributed by atoms with Crippen molar-refractivity contribution in [1.82, 2.24) is 10.6 Å². The van der Waals surface area contributed by atoms with E-state index >= 15 is 0 Å². The predicted octanol–water partition coefficient (Wildman–Crippen LogP) is 2.61. The Kier molecular flexibility index (Phi) is 6.20. The fourth-order valence-corrected chi connectivity index (χ4v) is 1.60. The first-order valence-electron chi connectivity index (χ1n) is 6.62. The van der Waals surface area contributed by atoms with Crippen LogP contribution in [0.3, 0.4) is 0 Å². The molecule has 0 aliphatic rings. The van der Waals surface area contributed by atoms with Crippen molar-refractivity contribution in [2.24, 2.45) is 0 Å². The zero-order valence-corrected chi connectivity index (χ0v) is 12.6. The number of carbonyl (C=O) groups is 2. The second-order valence-corrected chi connectivity index (χ2v) is 4.67. The van der Waals surface area contributed by atoms with Gasteiger partial charge in [-0.05, 0) is 43.3 Å². The molecule has 112 valence electrons. The quantitative estimate of drug-likeness (QED) is 0.556. The molecule has 0 radical (unpaired) electrons. The minimum atomic E-state index is -0.335. The molecule has 1 rings (SSSR count). The van der Waals surface area contributed by atoms with Crippen molar-refractivity contribution in [2.45, 2.75) is 13.8 Å². The van der Waals surface area contributed by atoms with Crippen LogP contribution in [-0.2, 0) is 0 Å². The molecule has 0 fully saturated rings. The maximum absolute atomic E-state index is 11.8. The van der Waals surface area contributed by atoms with Gasteiger partial charge in [-0.15, -0.1) is 0 Å². The highest BCUT2D eigenvalue weighted by molar-refractivity contribution is 5.97. The van der Waals surface area contributed by atoms with Crippen molar-refractivity contribution >= 4 is 17.5 Å². The normalized spacial score (nSPS) is 10.2. The summed E-state index contributed by atoms with van der Waals surface area (Å²) in [6.45, 7) is 7.52. The second-order valence-electron chi connectivity index (χ2n) is 4.67. The Hall–Kier alpha value is -2.56. The molecular formula is C16H21N3O2. The molecule has 21 heavy (non-hydrogen) atoms. The molecule has 5 nitrogen and oxygen atoms in total. The molecular weight excluding hydrogens is 266 g/mol. The summed E-state index contributed by atoms with van der Waals surface area (Å²) >= 11 is 0. The Morgan fingerprint density at radius 1 is 1.33 bits per heavy atom. The number of carbonyl (C=O) groups excluding carboxylic acids is 2. The fourth-order valence-electron chi connectivity index (χ4n) is 1.60. The van der Waals surface area contributed by atoms with Crippen LogP contribution in [0.2, 0.25) is 0 Å². The molecule has 0 heterocycles. The maximum Gasteiger partial charge on any atom is 0.319 e. The summed E-state index contributed by atoms with van der Waals surface area (Å²) in [5.74, 6) is -0.0379. The third kappa shape index (κ3) is 5.52. The second kappa shape index (κ2) is 7.89. The molecule has 0 spiro atoms. The third-order valence-corrected chi connectivity index (χ3v) is 2.85. The van der Waals surface area contributed by atoms with Crippen LogP contribution in [0.5, 0.6) is 0 Å². The first-order chi connectivity index (χ1) is 9.93. The first-order valence-corrected chi connectivity index (χ1v) is 6.62. The van der Waals surface area contributed by atoms with Crippen LogP contribution in [0, 0.1) is 6.92 Å². The highest BCUT2D eigenvalue weighted by atomic mass is 16.2. The molecule has 0 saturated carbocycles. The maximum atomic E-state index is 11.8. The number of hydrogen-bond acceptors (Lipinski definition) is 3. The van der Waals surface area contributed by atoms with Gasteiger partial charge in [0.2, 0.25) is 0 Å². The molecule has 2 amide bonds. The van der Waals surface area contributed by atoms with Crippen LogP contribution in [0.1, 0.15) is 22.8 Å². The van der Waals surface area contributed by atoms with Gasteiger partial charge in [0.05, 0.1) is 0 Å². The topological polar surface area (TPSA) is 70.2 Å². The number of rotatable bonds is 6. The van der Waals surface area contributed by atoms with Crippen LogP contribution < -0.4 is 16.0 Å². The number of anilines is 1. The van der Waals surface area contributed by atoms with E-state index in [1.807, 2.05) is 6.92 Å². The molecule has 5 heteroatoms. The van der Waals surface area contributed by atoms with Crippen LogP contribution in [0.15, 0.2) is 42.6 Å². The Morgan fingerprint density at radius 2 is 2.05 bits per heavy atom. The zero-order chi connectivity index (χ0) is 15.8. The number of nitrogens with one attached hydrogen (secondary N) is 3. The number of urea groups is 1. The summed E-state index contributed by atoms with van der Waals surface area (Å²) < 4.78 is 0. The van der Waals surface area contributed by atoms with E-state index in [9.17, 15) is 9.59 Å². The van der Waals surface area contributed by atoms with Crippen molar-refractivity contribution in [1.29, 1.82) is 0 Å². The standard InChI is InChI=1S/C16H21N3O2/c1-11(7-8-17-4)10-18-16(21)19-15-9-14(13(3)20)6-5-12(15)2/h5-9,17H,1,10H2,2-4H3,(H2,18,19,21)/b8-7-. The average molecular weight is 287 g/mol. The Balaban J connectivity index is 2.62. The van der Waals surface area contributed by atoms with Crippen molar-refractivity contribution < 1.29 is 9.59 Å². The summed E-state index contributed by atoms with van der Waals surface area (Å²) in [6.07, 6.45) is 3.52. The van der Waals surface area contributed by atoms with Crippen LogP contribution in [0.4, 0.5) is 10.5 Å². The molecule has 0 saturated heterocycles. The largest absolute Gasteiger partial charge is 0.394 e. The number of Topliss-reactive ketones (excluding diaryl/α,β-unsaturated/α-hetero) is 1. The van der Waals surface area contributed by atoms with E-state index in [1.54, 1.807) is 37.5 Å². The zero-order valence-electron chi connectivity index (χ0n) is 12.6. The molecule has 1 aromatic carbocycles. The Morgan fingerprint density at radius 3 is 2.67 bits per heavy atom. The van der Waals surface area contributed by atoms with E-state index in [4.69, 9.17) is 0 Å². The van der Waals surface area contributed by atoms with Crippen molar-refractivity contribution in [3.05, 3.63) is 53.8 Å². The molecule has 0 atom stereocenters. The molecule has 0 aliphatic carbocycles. The van der Waals surface area contributed by atoms with Crippen molar-refractivity contribution in [3.8, 4) is 0 Å². The average Bonchev–Trinajstić information content (AvgIpc) is 2.45. The van der Waals surface area contributed by atoms with Gasteiger partial charge in [0, 0.05) is 24.8 Å². The van der Waals surface area contributed by atoms with Gasteiger partial charge in [-0.3, -0.25) is 4.79 Å². The number of ketones is 1. The third-order valence-electron chi connectivity index (χ3n) is 2.85.